The molecule has 0 amide bonds. The standard InChI is InChI=1S/C16H17FO4/c1-19-11-5-6-12(14(9-11)20-2)16(18)10-4-7-13(17)15(8-10)21-3/h4-9,16,18H,1-3H3. The first-order valence-electron chi connectivity index (χ1n) is 6.34. The van der Waals surface area contributed by atoms with E-state index >= 15 is 0 Å². The first-order valence-corrected chi connectivity index (χ1v) is 6.34. The third-order valence-electron chi connectivity index (χ3n) is 3.23. The Morgan fingerprint density at radius 2 is 1.62 bits per heavy atom. The highest BCUT2D eigenvalue weighted by molar-refractivity contribution is 5.46. The van der Waals surface area contributed by atoms with Crippen molar-refractivity contribution in [2.45, 2.75) is 6.10 Å². The van der Waals surface area contributed by atoms with Gasteiger partial charge in [-0.15, -0.1) is 0 Å². The molecule has 0 heterocycles. The molecule has 21 heavy (non-hydrogen) atoms. The van der Waals surface area contributed by atoms with E-state index in [1.807, 2.05) is 0 Å². The highest BCUT2D eigenvalue weighted by atomic mass is 19.1. The third-order valence-corrected chi connectivity index (χ3v) is 3.23. The Morgan fingerprint density at radius 3 is 2.24 bits per heavy atom. The lowest BCUT2D eigenvalue weighted by atomic mass is 10.00. The number of halogens is 1. The zero-order valence-corrected chi connectivity index (χ0v) is 12.1. The lowest BCUT2D eigenvalue weighted by Crippen LogP contribution is -2.03. The highest BCUT2D eigenvalue weighted by Crippen LogP contribution is 2.34. The fourth-order valence-electron chi connectivity index (χ4n) is 2.07. The molecule has 0 fully saturated rings. The summed E-state index contributed by atoms with van der Waals surface area (Å²) in [5.74, 6) is 0.721. The summed E-state index contributed by atoms with van der Waals surface area (Å²) < 4.78 is 28.7. The predicted octanol–water partition coefficient (Wildman–Crippen LogP) is 2.93. The zero-order valence-electron chi connectivity index (χ0n) is 12.1. The van der Waals surface area contributed by atoms with Crippen molar-refractivity contribution in [3.63, 3.8) is 0 Å². The Balaban J connectivity index is 2.41. The number of aliphatic hydroxyl groups is 1. The Kier molecular flexibility index (Phi) is 4.65. The van der Waals surface area contributed by atoms with Crippen LogP contribution < -0.4 is 14.2 Å². The quantitative estimate of drug-likeness (QED) is 0.920. The number of aliphatic hydroxyl groups excluding tert-OH is 1. The van der Waals surface area contributed by atoms with Crippen molar-refractivity contribution in [1.29, 1.82) is 0 Å². The van der Waals surface area contributed by atoms with Gasteiger partial charge >= 0.3 is 0 Å². The molecule has 0 aliphatic rings. The average Bonchev–Trinajstić information content (AvgIpc) is 2.54. The van der Waals surface area contributed by atoms with Crippen molar-refractivity contribution in [3.05, 3.63) is 53.3 Å². The smallest absolute Gasteiger partial charge is 0.165 e. The van der Waals surface area contributed by atoms with Gasteiger partial charge in [0.2, 0.25) is 0 Å². The van der Waals surface area contributed by atoms with Gasteiger partial charge < -0.3 is 19.3 Å². The molecule has 1 atom stereocenters. The van der Waals surface area contributed by atoms with Crippen LogP contribution in [-0.2, 0) is 0 Å². The van der Waals surface area contributed by atoms with Gasteiger partial charge in [0.25, 0.3) is 0 Å². The molecular formula is C16H17FO4. The first-order chi connectivity index (χ1) is 10.1. The van der Waals surface area contributed by atoms with Crippen LogP contribution in [0.25, 0.3) is 0 Å². The van der Waals surface area contributed by atoms with E-state index in [-0.39, 0.29) is 5.75 Å². The molecule has 0 aliphatic heterocycles. The van der Waals surface area contributed by atoms with Gasteiger partial charge in [0.1, 0.15) is 17.6 Å². The Morgan fingerprint density at radius 1 is 0.905 bits per heavy atom. The van der Waals surface area contributed by atoms with Gasteiger partial charge in [-0.25, -0.2) is 4.39 Å². The second-order valence-corrected chi connectivity index (χ2v) is 4.40. The summed E-state index contributed by atoms with van der Waals surface area (Å²) in [7, 11) is 4.44. The molecule has 0 spiro atoms. The third kappa shape index (κ3) is 3.08. The molecule has 1 N–H and O–H groups in total. The van der Waals surface area contributed by atoms with Gasteiger partial charge in [-0.2, -0.15) is 0 Å². The maximum Gasteiger partial charge on any atom is 0.165 e. The largest absolute Gasteiger partial charge is 0.497 e. The molecule has 0 aromatic heterocycles. The van der Waals surface area contributed by atoms with Crippen molar-refractivity contribution in [3.8, 4) is 17.2 Å². The van der Waals surface area contributed by atoms with Gasteiger partial charge in [0.15, 0.2) is 11.6 Å². The summed E-state index contributed by atoms with van der Waals surface area (Å²) in [4.78, 5) is 0. The number of hydrogen-bond acceptors (Lipinski definition) is 4. The van der Waals surface area contributed by atoms with E-state index in [9.17, 15) is 9.50 Å². The van der Waals surface area contributed by atoms with Gasteiger partial charge in [-0.1, -0.05) is 6.07 Å². The van der Waals surface area contributed by atoms with E-state index in [4.69, 9.17) is 14.2 Å². The molecule has 112 valence electrons. The Bertz CT molecular complexity index is 628. The van der Waals surface area contributed by atoms with Gasteiger partial charge in [-0.05, 0) is 29.8 Å². The minimum atomic E-state index is -0.958. The van der Waals surface area contributed by atoms with E-state index in [1.54, 1.807) is 25.3 Å². The molecule has 0 radical (unpaired) electrons. The van der Waals surface area contributed by atoms with Crippen LogP contribution >= 0.6 is 0 Å². The zero-order chi connectivity index (χ0) is 15.4. The number of methoxy groups -OCH3 is 3. The minimum Gasteiger partial charge on any atom is -0.497 e. The molecule has 1 unspecified atom stereocenters. The lowest BCUT2D eigenvalue weighted by molar-refractivity contribution is 0.213. The van der Waals surface area contributed by atoms with Crippen molar-refractivity contribution in [1.82, 2.24) is 0 Å². The van der Waals surface area contributed by atoms with Gasteiger partial charge in [0, 0.05) is 11.6 Å². The summed E-state index contributed by atoms with van der Waals surface area (Å²) in [6, 6.07) is 9.34. The monoisotopic (exact) mass is 292 g/mol. The van der Waals surface area contributed by atoms with Crippen LogP contribution in [0.1, 0.15) is 17.2 Å². The topological polar surface area (TPSA) is 47.9 Å². The SMILES string of the molecule is COc1ccc(C(O)c2ccc(F)c(OC)c2)c(OC)c1. The minimum absolute atomic E-state index is 0.0824. The van der Waals surface area contributed by atoms with E-state index < -0.39 is 11.9 Å². The maximum absolute atomic E-state index is 13.4. The normalized spacial score (nSPS) is 11.9. The van der Waals surface area contributed by atoms with Crippen LogP contribution in [0.5, 0.6) is 17.2 Å². The number of hydrogen-bond donors (Lipinski definition) is 1. The summed E-state index contributed by atoms with van der Waals surface area (Å²) >= 11 is 0. The van der Waals surface area contributed by atoms with Crippen LogP contribution in [0.4, 0.5) is 4.39 Å². The molecular weight excluding hydrogens is 275 g/mol. The number of ether oxygens (including phenoxy) is 3. The summed E-state index contributed by atoms with van der Waals surface area (Å²) in [5, 5.41) is 10.5. The first kappa shape index (κ1) is 15.1. The van der Waals surface area contributed by atoms with Crippen molar-refractivity contribution < 1.29 is 23.7 Å². The molecule has 0 bridgehead atoms. The second-order valence-electron chi connectivity index (χ2n) is 4.40. The summed E-state index contributed by atoms with van der Waals surface area (Å²) in [5.41, 5.74) is 1.07. The van der Waals surface area contributed by atoms with Gasteiger partial charge in [-0.3, -0.25) is 0 Å². The molecule has 4 nitrogen and oxygen atoms in total. The number of benzene rings is 2. The fraction of sp³-hybridized carbons (Fsp3) is 0.250. The molecule has 2 rings (SSSR count). The molecule has 0 saturated carbocycles. The average molecular weight is 292 g/mol. The molecule has 2 aromatic carbocycles. The Labute approximate surface area is 122 Å². The molecule has 0 saturated heterocycles. The van der Waals surface area contributed by atoms with Crippen molar-refractivity contribution in [2.75, 3.05) is 21.3 Å². The van der Waals surface area contributed by atoms with E-state index in [1.165, 1.54) is 32.4 Å². The highest BCUT2D eigenvalue weighted by Gasteiger charge is 2.18. The lowest BCUT2D eigenvalue weighted by Gasteiger charge is -2.17. The van der Waals surface area contributed by atoms with Gasteiger partial charge in [0.05, 0.1) is 21.3 Å². The number of rotatable bonds is 5. The van der Waals surface area contributed by atoms with Crippen molar-refractivity contribution >= 4 is 0 Å². The molecule has 5 heteroatoms. The molecule has 2 aromatic rings. The maximum atomic E-state index is 13.4. The van der Waals surface area contributed by atoms with Crippen LogP contribution in [0.2, 0.25) is 0 Å². The second kappa shape index (κ2) is 6.45. The fourth-order valence-corrected chi connectivity index (χ4v) is 2.07. The van der Waals surface area contributed by atoms with E-state index in [0.717, 1.165) is 0 Å². The van der Waals surface area contributed by atoms with Crippen molar-refractivity contribution in [2.24, 2.45) is 0 Å². The molecule has 0 aliphatic carbocycles. The summed E-state index contributed by atoms with van der Waals surface area (Å²) in [6.07, 6.45) is -0.958. The van der Waals surface area contributed by atoms with E-state index in [2.05, 4.69) is 0 Å². The summed E-state index contributed by atoms with van der Waals surface area (Å²) in [6.45, 7) is 0. The van der Waals surface area contributed by atoms with Crippen LogP contribution in [-0.4, -0.2) is 26.4 Å². The Hall–Kier alpha value is -2.27. The predicted molar refractivity (Wildman–Crippen MR) is 76.6 cm³/mol. The van der Waals surface area contributed by atoms with Crippen LogP contribution in [0.15, 0.2) is 36.4 Å². The van der Waals surface area contributed by atoms with Crippen LogP contribution in [0.3, 0.4) is 0 Å². The van der Waals surface area contributed by atoms with E-state index in [0.29, 0.717) is 22.6 Å². The van der Waals surface area contributed by atoms with Crippen LogP contribution in [0, 0.1) is 5.82 Å².